The zero-order valence-corrected chi connectivity index (χ0v) is 12.3. The van der Waals surface area contributed by atoms with Crippen molar-refractivity contribution in [2.45, 2.75) is 38.1 Å². The summed E-state index contributed by atoms with van der Waals surface area (Å²) in [6, 6.07) is 1.49. The number of aliphatic hydroxyl groups is 1. The van der Waals surface area contributed by atoms with Gasteiger partial charge in [0.25, 0.3) is 5.91 Å². The molecule has 0 aliphatic heterocycles. The van der Waals surface area contributed by atoms with E-state index in [0.717, 1.165) is 32.1 Å². The van der Waals surface area contributed by atoms with Crippen LogP contribution in [0.5, 0.6) is 0 Å². The Morgan fingerprint density at radius 2 is 2.10 bits per heavy atom. The van der Waals surface area contributed by atoms with Gasteiger partial charge in [-0.15, -0.1) is 0 Å². The van der Waals surface area contributed by atoms with Gasteiger partial charge in [-0.05, 0) is 18.9 Å². The number of nitrogens with one attached hydrogen (secondary N) is 1. The lowest BCUT2D eigenvalue weighted by molar-refractivity contribution is 0.0891. The van der Waals surface area contributed by atoms with Crippen LogP contribution in [0.3, 0.4) is 0 Å². The van der Waals surface area contributed by atoms with Crippen molar-refractivity contribution in [1.29, 1.82) is 0 Å². The molecule has 0 spiro atoms. The number of carbonyl (C=O) groups is 2. The van der Waals surface area contributed by atoms with Gasteiger partial charge in [-0.2, -0.15) is 0 Å². The predicted molar refractivity (Wildman–Crippen MR) is 78.8 cm³/mol. The van der Waals surface area contributed by atoms with E-state index in [2.05, 4.69) is 5.32 Å². The Bertz CT molecular complexity index is 524. The molecule has 21 heavy (non-hydrogen) atoms. The van der Waals surface area contributed by atoms with Crippen LogP contribution in [0.25, 0.3) is 0 Å². The molecule has 2 atom stereocenters. The summed E-state index contributed by atoms with van der Waals surface area (Å²) in [4.78, 5) is 23.5. The lowest BCUT2D eigenvalue weighted by Gasteiger charge is -2.24. The van der Waals surface area contributed by atoms with Crippen molar-refractivity contribution in [3.05, 3.63) is 23.5 Å². The van der Waals surface area contributed by atoms with Crippen molar-refractivity contribution in [3.63, 3.8) is 0 Å². The number of carbonyl (C=O) groups excluding carboxylic acids is 2. The monoisotopic (exact) mass is 293 g/mol. The first kappa shape index (κ1) is 15.6. The predicted octanol–water partition coefficient (Wildman–Crippen LogP) is 0.795. The van der Waals surface area contributed by atoms with Crippen molar-refractivity contribution in [2.75, 3.05) is 6.61 Å². The Labute approximate surface area is 124 Å². The molecule has 0 saturated heterocycles. The molecule has 0 bridgehead atoms. The molecule has 0 aromatic carbocycles. The minimum atomic E-state index is -0.549. The van der Waals surface area contributed by atoms with E-state index in [1.165, 1.54) is 6.07 Å². The molecule has 4 N–H and O–H groups in total. The fourth-order valence-electron chi connectivity index (χ4n) is 2.96. The normalized spacial score (nSPS) is 22.6. The van der Waals surface area contributed by atoms with Gasteiger partial charge in [0.2, 0.25) is 5.91 Å². The fraction of sp³-hybridized carbons (Fsp3) is 0.600. The molecule has 6 heteroatoms. The maximum absolute atomic E-state index is 12.4. The second kappa shape index (κ2) is 6.76. The van der Waals surface area contributed by atoms with Crippen molar-refractivity contribution in [2.24, 2.45) is 18.7 Å². The Morgan fingerprint density at radius 1 is 1.38 bits per heavy atom. The number of hydrogen-bond acceptors (Lipinski definition) is 3. The molecule has 2 amide bonds. The highest BCUT2D eigenvalue weighted by atomic mass is 16.3. The van der Waals surface area contributed by atoms with Crippen LogP contribution in [0.4, 0.5) is 0 Å². The molecular weight excluding hydrogens is 270 g/mol. The first-order valence-corrected chi connectivity index (χ1v) is 7.40. The summed E-state index contributed by atoms with van der Waals surface area (Å²) < 4.78 is 1.60. The standard InChI is InChI=1S/C15H23N3O3/c1-18-8-11(14(16)20)7-13(18)15(21)17-12-6-4-2-3-5-10(12)9-19/h7-8,10,12,19H,2-6,9H2,1H3,(H2,16,20)(H,17,21). The highest BCUT2D eigenvalue weighted by Gasteiger charge is 2.26. The average molecular weight is 293 g/mol. The number of primary amides is 1. The SMILES string of the molecule is Cn1cc(C(N)=O)cc1C(=O)NC1CCCCCC1CO. The van der Waals surface area contributed by atoms with Gasteiger partial charge in [0.05, 0.1) is 5.56 Å². The Balaban J connectivity index is 2.10. The number of hydrogen-bond donors (Lipinski definition) is 3. The number of rotatable bonds is 4. The Hall–Kier alpha value is -1.82. The Morgan fingerprint density at radius 3 is 2.71 bits per heavy atom. The third-order valence-electron chi connectivity index (χ3n) is 4.23. The molecule has 0 radical (unpaired) electrons. The number of aliphatic hydroxyl groups excluding tert-OH is 1. The maximum atomic E-state index is 12.4. The lowest BCUT2D eigenvalue weighted by Crippen LogP contribution is -2.41. The lowest BCUT2D eigenvalue weighted by atomic mass is 9.95. The van der Waals surface area contributed by atoms with Crippen LogP contribution >= 0.6 is 0 Å². The summed E-state index contributed by atoms with van der Waals surface area (Å²) in [6.07, 6.45) is 6.65. The second-order valence-electron chi connectivity index (χ2n) is 5.75. The van der Waals surface area contributed by atoms with Gasteiger partial charge in [-0.25, -0.2) is 0 Å². The van der Waals surface area contributed by atoms with E-state index in [-0.39, 0.29) is 24.5 Å². The number of nitrogens with two attached hydrogens (primary N) is 1. The second-order valence-corrected chi connectivity index (χ2v) is 5.75. The van der Waals surface area contributed by atoms with Crippen LogP contribution in [-0.2, 0) is 7.05 Å². The largest absolute Gasteiger partial charge is 0.396 e. The molecule has 1 fully saturated rings. The van der Waals surface area contributed by atoms with Gasteiger partial charge in [-0.1, -0.05) is 19.3 Å². The number of aromatic nitrogens is 1. The van der Waals surface area contributed by atoms with Crippen LogP contribution in [0, 0.1) is 5.92 Å². The maximum Gasteiger partial charge on any atom is 0.268 e. The molecule has 1 saturated carbocycles. The van der Waals surface area contributed by atoms with Gasteiger partial charge >= 0.3 is 0 Å². The first-order valence-electron chi connectivity index (χ1n) is 7.40. The average Bonchev–Trinajstić information content (AvgIpc) is 2.70. The van der Waals surface area contributed by atoms with E-state index in [1.54, 1.807) is 17.8 Å². The van der Waals surface area contributed by atoms with Crippen LogP contribution in [0.2, 0.25) is 0 Å². The van der Waals surface area contributed by atoms with Crippen molar-refractivity contribution in [1.82, 2.24) is 9.88 Å². The van der Waals surface area contributed by atoms with Gasteiger partial charge in [0.15, 0.2) is 0 Å². The summed E-state index contributed by atoms with van der Waals surface area (Å²) in [5.41, 5.74) is 5.96. The van der Waals surface area contributed by atoms with Gasteiger partial charge < -0.3 is 20.7 Å². The summed E-state index contributed by atoms with van der Waals surface area (Å²) >= 11 is 0. The molecular formula is C15H23N3O3. The Kier molecular flexibility index (Phi) is 5.01. The van der Waals surface area contributed by atoms with E-state index < -0.39 is 5.91 Å². The van der Waals surface area contributed by atoms with Crippen LogP contribution in [0.15, 0.2) is 12.3 Å². The molecule has 116 valence electrons. The zero-order valence-electron chi connectivity index (χ0n) is 12.3. The molecule has 1 aliphatic carbocycles. The van der Waals surface area contributed by atoms with Crippen LogP contribution in [0.1, 0.15) is 53.0 Å². The number of nitrogens with zero attached hydrogens (tertiary/aromatic N) is 1. The summed E-state index contributed by atoms with van der Waals surface area (Å²) in [5.74, 6) is -0.671. The van der Waals surface area contributed by atoms with Gasteiger partial charge in [0, 0.05) is 31.8 Å². The number of amides is 2. The van der Waals surface area contributed by atoms with E-state index in [1.807, 2.05) is 0 Å². The molecule has 1 aromatic rings. The highest BCUT2D eigenvalue weighted by molar-refractivity contribution is 5.98. The van der Waals surface area contributed by atoms with E-state index >= 15 is 0 Å². The third kappa shape index (κ3) is 3.64. The van der Waals surface area contributed by atoms with Gasteiger partial charge in [0.1, 0.15) is 5.69 Å². The minimum absolute atomic E-state index is 0.0167. The van der Waals surface area contributed by atoms with E-state index in [4.69, 9.17) is 5.73 Å². The fourth-order valence-corrected chi connectivity index (χ4v) is 2.96. The molecule has 6 nitrogen and oxygen atoms in total. The zero-order chi connectivity index (χ0) is 15.4. The van der Waals surface area contributed by atoms with Crippen LogP contribution < -0.4 is 11.1 Å². The van der Waals surface area contributed by atoms with Crippen molar-refractivity contribution < 1.29 is 14.7 Å². The van der Waals surface area contributed by atoms with Crippen LogP contribution in [-0.4, -0.2) is 34.1 Å². The molecule has 2 unspecified atom stereocenters. The molecule has 1 aromatic heterocycles. The van der Waals surface area contributed by atoms with E-state index in [9.17, 15) is 14.7 Å². The van der Waals surface area contributed by atoms with Crippen molar-refractivity contribution >= 4 is 11.8 Å². The first-order chi connectivity index (χ1) is 10.0. The van der Waals surface area contributed by atoms with Gasteiger partial charge in [-0.3, -0.25) is 9.59 Å². The summed E-state index contributed by atoms with van der Waals surface area (Å²) in [6.45, 7) is 0.0879. The van der Waals surface area contributed by atoms with Crippen molar-refractivity contribution in [3.8, 4) is 0 Å². The smallest absolute Gasteiger partial charge is 0.268 e. The summed E-state index contributed by atoms with van der Waals surface area (Å²) in [7, 11) is 1.71. The summed E-state index contributed by atoms with van der Waals surface area (Å²) in [5, 5.41) is 12.5. The highest BCUT2D eigenvalue weighted by Crippen LogP contribution is 2.23. The number of aryl methyl sites for hydroxylation is 1. The van der Waals surface area contributed by atoms with E-state index in [0.29, 0.717) is 11.3 Å². The molecule has 1 aliphatic rings. The topological polar surface area (TPSA) is 97.4 Å². The molecule has 1 heterocycles. The third-order valence-corrected chi connectivity index (χ3v) is 4.23. The molecule has 2 rings (SSSR count). The minimum Gasteiger partial charge on any atom is -0.396 e. The quantitative estimate of drug-likeness (QED) is 0.716.